The molecule has 0 saturated carbocycles. The van der Waals surface area contributed by atoms with Gasteiger partial charge in [0.05, 0.1) is 11.3 Å². The highest BCUT2D eigenvalue weighted by molar-refractivity contribution is 6.13. The number of rotatable bonds is 3. The van der Waals surface area contributed by atoms with E-state index < -0.39 is 11.9 Å². The number of hydrogen-bond acceptors (Lipinski definition) is 6. The maximum Gasteiger partial charge on any atom is 0.256 e. The number of pyridine rings is 1. The number of nitrogens with one attached hydrogen (secondary N) is 1. The first kappa shape index (κ1) is 21.6. The van der Waals surface area contributed by atoms with Crippen molar-refractivity contribution in [1.29, 1.82) is 0 Å². The summed E-state index contributed by atoms with van der Waals surface area (Å²) in [6.45, 7) is 0.230. The quantitative estimate of drug-likeness (QED) is 0.579. The highest BCUT2D eigenvalue weighted by Crippen LogP contribution is 2.35. The topological polar surface area (TPSA) is 126 Å². The number of piperidine rings is 1. The maximum atomic E-state index is 13.2. The first-order valence-electron chi connectivity index (χ1n) is 10.9. The van der Waals surface area contributed by atoms with Gasteiger partial charge in [-0.15, -0.1) is 0 Å². The molecule has 4 amide bonds. The molecule has 0 aliphatic carbocycles. The van der Waals surface area contributed by atoms with Crippen molar-refractivity contribution < 1.29 is 19.2 Å². The van der Waals surface area contributed by atoms with E-state index in [9.17, 15) is 19.2 Å². The monoisotopic (exact) mass is 457 g/mol. The number of benzene rings is 2. The van der Waals surface area contributed by atoms with E-state index in [0.29, 0.717) is 45.4 Å². The Morgan fingerprint density at radius 3 is 2.56 bits per heavy atom. The molecule has 3 aromatic rings. The predicted molar refractivity (Wildman–Crippen MR) is 126 cm³/mol. The second-order valence-electron chi connectivity index (χ2n) is 8.74. The van der Waals surface area contributed by atoms with Crippen LogP contribution in [-0.2, 0) is 16.1 Å². The maximum absolute atomic E-state index is 13.2. The van der Waals surface area contributed by atoms with E-state index in [4.69, 9.17) is 5.73 Å². The zero-order valence-electron chi connectivity index (χ0n) is 18.8. The number of hydrogen-bond donors (Lipinski definition) is 2. The van der Waals surface area contributed by atoms with Gasteiger partial charge in [0.25, 0.3) is 11.8 Å². The number of carbonyl (C=O) groups is 4. The van der Waals surface area contributed by atoms with E-state index in [0.717, 1.165) is 5.56 Å². The Hall–Kier alpha value is -4.27. The minimum absolute atomic E-state index is 0.193. The van der Waals surface area contributed by atoms with E-state index in [1.165, 1.54) is 9.80 Å². The van der Waals surface area contributed by atoms with Gasteiger partial charge in [-0.25, -0.2) is 4.98 Å². The Bertz CT molecular complexity index is 1400. The zero-order valence-corrected chi connectivity index (χ0v) is 18.8. The van der Waals surface area contributed by atoms with E-state index in [1.54, 1.807) is 26.2 Å². The molecule has 9 heteroatoms. The first-order chi connectivity index (χ1) is 16.3. The molecule has 172 valence electrons. The van der Waals surface area contributed by atoms with Gasteiger partial charge in [0.1, 0.15) is 11.9 Å². The molecule has 34 heavy (non-hydrogen) atoms. The number of nitrogens with zero attached hydrogens (tertiary/aromatic N) is 3. The molecule has 1 atom stereocenters. The summed E-state index contributed by atoms with van der Waals surface area (Å²) < 4.78 is 0. The summed E-state index contributed by atoms with van der Waals surface area (Å²) in [5.41, 5.74) is 8.98. The summed E-state index contributed by atoms with van der Waals surface area (Å²) in [4.78, 5) is 57.6. The van der Waals surface area contributed by atoms with Crippen molar-refractivity contribution in [3.05, 3.63) is 59.2 Å². The number of carbonyl (C=O) groups excluding carboxylic acids is 4. The number of amides is 4. The third-order valence-electron chi connectivity index (χ3n) is 6.36. The number of imide groups is 1. The summed E-state index contributed by atoms with van der Waals surface area (Å²) in [7, 11) is 3.35. The van der Waals surface area contributed by atoms with Crippen LogP contribution >= 0.6 is 0 Å². The van der Waals surface area contributed by atoms with Crippen molar-refractivity contribution in [3.63, 3.8) is 0 Å². The third kappa shape index (κ3) is 3.37. The van der Waals surface area contributed by atoms with Crippen molar-refractivity contribution in [1.82, 2.24) is 20.1 Å². The molecule has 1 aromatic heterocycles. The molecule has 3 N–H and O–H groups in total. The molecular weight excluding hydrogens is 434 g/mol. The van der Waals surface area contributed by atoms with Crippen molar-refractivity contribution in [2.24, 2.45) is 0 Å². The number of anilines is 1. The van der Waals surface area contributed by atoms with Gasteiger partial charge < -0.3 is 15.5 Å². The van der Waals surface area contributed by atoms with Gasteiger partial charge in [0.15, 0.2) is 0 Å². The Balaban J connectivity index is 1.59. The van der Waals surface area contributed by atoms with Crippen LogP contribution in [0.1, 0.15) is 39.1 Å². The average Bonchev–Trinajstić information content (AvgIpc) is 3.14. The molecule has 1 unspecified atom stereocenters. The van der Waals surface area contributed by atoms with E-state index in [2.05, 4.69) is 10.3 Å². The van der Waals surface area contributed by atoms with Crippen LogP contribution in [-0.4, -0.2) is 58.5 Å². The summed E-state index contributed by atoms with van der Waals surface area (Å²) in [5.74, 6) is -0.944. The van der Waals surface area contributed by atoms with Crippen LogP contribution in [0.25, 0.3) is 22.0 Å². The Labute approximate surface area is 195 Å². The fourth-order valence-electron chi connectivity index (χ4n) is 4.66. The van der Waals surface area contributed by atoms with Gasteiger partial charge in [-0.1, -0.05) is 30.3 Å². The molecule has 0 radical (unpaired) electrons. The second kappa shape index (κ2) is 7.95. The predicted octanol–water partition coefficient (Wildman–Crippen LogP) is 1.95. The average molecular weight is 457 g/mol. The second-order valence-corrected chi connectivity index (χ2v) is 8.74. The molecule has 2 aromatic carbocycles. The molecule has 3 heterocycles. The summed E-state index contributed by atoms with van der Waals surface area (Å²) in [6.07, 6.45) is 0.486. The van der Waals surface area contributed by atoms with E-state index in [1.807, 2.05) is 30.3 Å². The molecule has 9 nitrogen and oxygen atoms in total. The van der Waals surface area contributed by atoms with Crippen molar-refractivity contribution in [2.45, 2.75) is 25.4 Å². The molecule has 5 rings (SSSR count). The number of aromatic nitrogens is 1. The minimum atomic E-state index is -0.693. The molecular formula is C25H23N5O4. The standard InChI is InChI=1S/C25H23N5O4/c1-29(2)25(34)20-16-5-3-4-6-17(16)22(26)28-21(20)13-7-8-15-14(11-13)12-30(24(15)33)18-9-10-19(31)27-23(18)32/h3-8,11,18H,9-10,12H2,1-2H3,(H2,26,28)(H,27,31,32). The molecule has 2 aliphatic heterocycles. The number of fused-ring (bicyclic) bond motifs is 2. The van der Waals surface area contributed by atoms with Crippen LogP contribution in [0.5, 0.6) is 0 Å². The number of nitrogen functional groups attached to an aromatic ring is 1. The molecule has 1 fully saturated rings. The van der Waals surface area contributed by atoms with Gasteiger partial charge >= 0.3 is 0 Å². The van der Waals surface area contributed by atoms with Crippen LogP contribution in [0.4, 0.5) is 5.82 Å². The van der Waals surface area contributed by atoms with Crippen LogP contribution in [0.3, 0.4) is 0 Å². The Morgan fingerprint density at radius 2 is 1.85 bits per heavy atom. The van der Waals surface area contributed by atoms with Crippen molar-refractivity contribution in [3.8, 4) is 11.3 Å². The third-order valence-corrected chi connectivity index (χ3v) is 6.36. The smallest absolute Gasteiger partial charge is 0.256 e. The van der Waals surface area contributed by atoms with Gasteiger partial charge in [0, 0.05) is 49.0 Å². The summed E-state index contributed by atoms with van der Waals surface area (Å²) >= 11 is 0. The van der Waals surface area contributed by atoms with Crippen molar-refractivity contribution >= 4 is 40.2 Å². The van der Waals surface area contributed by atoms with Crippen LogP contribution < -0.4 is 11.1 Å². The first-order valence-corrected chi connectivity index (χ1v) is 10.9. The largest absolute Gasteiger partial charge is 0.383 e. The fraction of sp³-hybridized carbons (Fsp3) is 0.240. The van der Waals surface area contributed by atoms with Gasteiger partial charge in [-0.2, -0.15) is 0 Å². The minimum Gasteiger partial charge on any atom is -0.383 e. The van der Waals surface area contributed by atoms with Gasteiger partial charge in [-0.3, -0.25) is 24.5 Å². The lowest BCUT2D eigenvalue weighted by Gasteiger charge is -2.29. The Morgan fingerprint density at radius 1 is 1.12 bits per heavy atom. The van der Waals surface area contributed by atoms with Crippen LogP contribution in [0.15, 0.2) is 42.5 Å². The van der Waals surface area contributed by atoms with Gasteiger partial charge in [0.2, 0.25) is 11.8 Å². The van der Waals surface area contributed by atoms with E-state index in [-0.39, 0.29) is 30.7 Å². The highest BCUT2D eigenvalue weighted by Gasteiger charge is 2.39. The lowest BCUT2D eigenvalue weighted by molar-refractivity contribution is -0.136. The lowest BCUT2D eigenvalue weighted by atomic mass is 9.96. The fourth-order valence-corrected chi connectivity index (χ4v) is 4.66. The summed E-state index contributed by atoms with van der Waals surface area (Å²) in [6, 6.07) is 11.9. The van der Waals surface area contributed by atoms with Crippen LogP contribution in [0.2, 0.25) is 0 Å². The number of nitrogens with two attached hydrogens (primary N) is 1. The highest BCUT2D eigenvalue weighted by atomic mass is 16.2. The van der Waals surface area contributed by atoms with Gasteiger partial charge in [-0.05, 0) is 24.1 Å². The Kier molecular flexibility index (Phi) is 5.04. The molecule has 0 bridgehead atoms. The molecule has 1 saturated heterocycles. The zero-order chi connectivity index (χ0) is 24.1. The normalized spacial score (nSPS) is 17.6. The molecule has 2 aliphatic rings. The lowest BCUT2D eigenvalue weighted by Crippen LogP contribution is -2.52. The SMILES string of the molecule is CN(C)C(=O)c1c(-c2ccc3c(c2)CN(C2CCC(=O)NC2=O)C3=O)nc(N)c2ccccc12. The molecule has 0 spiro atoms. The summed E-state index contributed by atoms with van der Waals surface area (Å²) in [5, 5.41) is 3.70. The van der Waals surface area contributed by atoms with Crippen LogP contribution in [0, 0.1) is 0 Å². The van der Waals surface area contributed by atoms with Crippen molar-refractivity contribution in [2.75, 3.05) is 19.8 Å². The van der Waals surface area contributed by atoms with E-state index >= 15 is 0 Å².